The zero-order valence-electron chi connectivity index (χ0n) is 28.3. The normalized spacial score (nSPS) is 20.3. The van der Waals surface area contributed by atoms with Crippen molar-refractivity contribution in [1.82, 2.24) is 5.32 Å². The van der Waals surface area contributed by atoms with Crippen LogP contribution in [0.15, 0.2) is 4.99 Å². The van der Waals surface area contributed by atoms with Crippen LogP contribution in [0.5, 0.6) is 0 Å². The second-order valence-corrected chi connectivity index (χ2v) is 13.4. The van der Waals surface area contributed by atoms with Gasteiger partial charge in [0.2, 0.25) is 6.08 Å². The highest BCUT2D eigenvalue weighted by Gasteiger charge is 2.35. The van der Waals surface area contributed by atoms with E-state index in [1.807, 2.05) is 0 Å². The molecule has 1 rings (SSSR count). The summed E-state index contributed by atoms with van der Waals surface area (Å²) >= 11 is 0. The molecule has 0 spiro atoms. The number of hydrogen-bond donors (Lipinski definition) is 1. The summed E-state index contributed by atoms with van der Waals surface area (Å²) in [5.74, 6) is 3.83. The van der Waals surface area contributed by atoms with E-state index < -0.39 is 0 Å². The van der Waals surface area contributed by atoms with Crippen LogP contribution in [0.1, 0.15) is 181 Å². The van der Waals surface area contributed by atoms with Crippen molar-refractivity contribution >= 4 is 12.2 Å². The molecule has 5 heteroatoms. The van der Waals surface area contributed by atoms with E-state index in [0.717, 1.165) is 43.1 Å². The van der Waals surface area contributed by atoms with Crippen LogP contribution in [0, 0.1) is 23.7 Å². The molecule has 1 fully saturated rings. The third-order valence-electron chi connectivity index (χ3n) is 10.0. The predicted octanol–water partition coefficient (Wildman–Crippen LogP) is 11.3. The Kier molecular flexibility index (Phi) is 26.2. The van der Waals surface area contributed by atoms with Gasteiger partial charge in [-0.05, 0) is 49.4 Å². The third-order valence-corrected chi connectivity index (χ3v) is 10.0. The number of unbranched alkanes of at least 4 members (excludes halogenated alkanes) is 16. The molecule has 5 nitrogen and oxygen atoms in total. The maximum absolute atomic E-state index is 11.2. The van der Waals surface area contributed by atoms with Gasteiger partial charge in [0, 0.05) is 6.54 Å². The molecule has 0 saturated heterocycles. The second-order valence-electron chi connectivity index (χ2n) is 13.4. The Bertz CT molecular complexity index is 663. The number of carbonyl (C=O) groups is 1. The zero-order valence-corrected chi connectivity index (χ0v) is 28.3. The van der Waals surface area contributed by atoms with Crippen molar-refractivity contribution in [2.24, 2.45) is 28.7 Å². The first-order valence-corrected chi connectivity index (χ1v) is 18.5. The molecule has 4 unspecified atom stereocenters. The Balaban J connectivity index is 2.56. The van der Waals surface area contributed by atoms with Gasteiger partial charge in [0.05, 0.1) is 13.7 Å². The Morgan fingerprint density at radius 3 is 1.40 bits per heavy atom. The van der Waals surface area contributed by atoms with Crippen molar-refractivity contribution in [2.45, 2.75) is 181 Å². The number of aliphatic imine (C=N–C) groups is 1. The van der Waals surface area contributed by atoms with Crippen molar-refractivity contribution in [2.75, 3.05) is 20.2 Å². The fourth-order valence-corrected chi connectivity index (χ4v) is 7.48. The van der Waals surface area contributed by atoms with Gasteiger partial charge in [0.15, 0.2) is 0 Å². The number of alkyl carbamates (subject to hydrolysis) is 1. The molecule has 1 aliphatic carbocycles. The molecule has 246 valence electrons. The van der Waals surface area contributed by atoms with Crippen molar-refractivity contribution in [3.8, 4) is 0 Å². The van der Waals surface area contributed by atoms with Gasteiger partial charge < -0.3 is 10.1 Å². The smallest absolute Gasteiger partial charge is 0.406 e. The molecule has 1 N–H and O–H groups in total. The van der Waals surface area contributed by atoms with Gasteiger partial charge in [-0.3, -0.25) is 0 Å². The number of nitrogens with one attached hydrogen (secondary N) is 1. The fourth-order valence-electron chi connectivity index (χ4n) is 7.48. The lowest BCUT2D eigenvalue weighted by molar-refractivity contribution is 0.0814. The molecule has 0 radical (unpaired) electrons. The Morgan fingerprint density at radius 1 is 0.619 bits per heavy atom. The Hall–Kier alpha value is -1.35. The minimum Gasteiger partial charge on any atom is -0.453 e. The standard InChI is InChI=1S/C37H70N2O3/c1-4-6-8-18-24-33-30-35(26-20-14-10-12-16-22-28-38-32-40)36(31-34(33)25-19-9-7-5-2)27-21-15-11-13-17-23-29-39-37(41)42-3/h33-36H,4-31H2,1-3H3,(H,39,41). The lowest BCUT2D eigenvalue weighted by Gasteiger charge is -2.42. The molecular formula is C37H70N2O3. The lowest BCUT2D eigenvalue weighted by Crippen LogP contribution is -2.32. The van der Waals surface area contributed by atoms with Gasteiger partial charge in [-0.2, -0.15) is 0 Å². The summed E-state index contributed by atoms with van der Waals surface area (Å²) in [7, 11) is 1.42. The topological polar surface area (TPSA) is 67.8 Å². The molecule has 1 saturated carbocycles. The Morgan fingerprint density at radius 2 is 1.00 bits per heavy atom. The number of methoxy groups -OCH3 is 1. The summed E-state index contributed by atoms with van der Waals surface area (Å²) in [5.41, 5.74) is 0. The van der Waals surface area contributed by atoms with Gasteiger partial charge in [-0.1, -0.05) is 155 Å². The minimum atomic E-state index is -0.315. The molecule has 4 atom stereocenters. The summed E-state index contributed by atoms with van der Waals surface area (Å²) in [4.78, 5) is 25.1. The van der Waals surface area contributed by atoms with Crippen LogP contribution in [-0.2, 0) is 9.53 Å². The van der Waals surface area contributed by atoms with Gasteiger partial charge in [-0.15, -0.1) is 0 Å². The molecule has 0 aromatic carbocycles. The average Bonchev–Trinajstić information content (AvgIpc) is 3.00. The lowest BCUT2D eigenvalue weighted by atomic mass is 9.63. The van der Waals surface area contributed by atoms with E-state index in [1.165, 1.54) is 161 Å². The number of carbonyl (C=O) groups excluding carboxylic acids is 2. The molecule has 0 heterocycles. The van der Waals surface area contributed by atoms with Gasteiger partial charge in [-0.25, -0.2) is 14.6 Å². The van der Waals surface area contributed by atoms with Gasteiger partial charge >= 0.3 is 6.09 Å². The van der Waals surface area contributed by atoms with Crippen molar-refractivity contribution in [3.05, 3.63) is 0 Å². The molecule has 0 aromatic rings. The van der Waals surface area contributed by atoms with Crippen LogP contribution in [0.3, 0.4) is 0 Å². The number of rotatable bonds is 28. The molecule has 0 bridgehead atoms. The zero-order chi connectivity index (χ0) is 30.5. The van der Waals surface area contributed by atoms with Crippen LogP contribution in [-0.4, -0.2) is 32.4 Å². The highest BCUT2D eigenvalue weighted by molar-refractivity contribution is 5.66. The highest BCUT2D eigenvalue weighted by Crippen LogP contribution is 2.46. The second kappa shape index (κ2) is 28.4. The summed E-state index contributed by atoms with van der Waals surface area (Å²) in [5, 5.41) is 2.79. The predicted molar refractivity (Wildman–Crippen MR) is 179 cm³/mol. The number of hydrogen-bond acceptors (Lipinski definition) is 4. The van der Waals surface area contributed by atoms with Crippen LogP contribution < -0.4 is 5.32 Å². The first kappa shape index (κ1) is 38.7. The molecule has 0 aromatic heterocycles. The SMILES string of the molecule is CCCCCCC1CC(CCCCCCCCN=C=O)C(CCCCCCCCNC(=O)OC)CC1CCCCCC. The van der Waals surface area contributed by atoms with Gasteiger partial charge in [0.1, 0.15) is 0 Å². The van der Waals surface area contributed by atoms with Crippen LogP contribution in [0.4, 0.5) is 4.79 Å². The largest absolute Gasteiger partial charge is 0.453 e. The summed E-state index contributed by atoms with van der Waals surface area (Å²) in [6.45, 7) is 6.04. The van der Waals surface area contributed by atoms with Crippen LogP contribution >= 0.6 is 0 Å². The van der Waals surface area contributed by atoms with E-state index in [0.29, 0.717) is 6.54 Å². The van der Waals surface area contributed by atoms with Crippen molar-refractivity contribution in [1.29, 1.82) is 0 Å². The summed E-state index contributed by atoms with van der Waals surface area (Å²) < 4.78 is 4.65. The van der Waals surface area contributed by atoms with Crippen LogP contribution in [0.2, 0.25) is 0 Å². The van der Waals surface area contributed by atoms with Crippen molar-refractivity contribution < 1.29 is 14.3 Å². The monoisotopic (exact) mass is 591 g/mol. The number of isocyanates is 1. The van der Waals surface area contributed by atoms with E-state index in [4.69, 9.17) is 0 Å². The summed E-state index contributed by atoms with van der Waals surface area (Å²) in [6, 6.07) is 0. The van der Waals surface area contributed by atoms with E-state index in [9.17, 15) is 9.59 Å². The van der Waals surface area contributed by atoms with E-state index >= 15 is 0 Å². The average molecular weight is 591 g/mol. The maximum atomic E-state index is 11.2. The maximum Gasteiger partial charge on any atom is 0.406 e. The quantitative estimate of drug-likeness (QED) is 0.0560. The van der Waals surface area contributed by atoms with Crippen LogP contribution in [0.25, 0.3) is 0 Å². The molecule has 0 aliphatic heterocycles. The van der Waals surface area contributed by atoms with E-state index in [1.54, 1.807) is 6.08 Å². The number of ether oxygens (including phenoxy) is 1. The third kappa shape index (κ3) is 20.5. The first-order chi connectivity index (χ1) is 20.7. The number of amides is 1. The number of nitrogens with zero attached hydrogens (tertiary/aromatic N) is 1. The minimum absolute atomic E-state index is 0.315. The van der Waals surface area contributed by atoms with E-state index in [-0.39, 0.29) is 6.09 Å². The Labute approximate surface area is 261 Å². The van der Waals surface area contributed by atoms with Crippen molar-refractivity contribution in [3.63, 3.8) is 0 Å². The van der Waals surface area contributed by atoms with E-state index in [2.05, 4.69) is 28.9 Å². The first-order valence-electron chi connectivity index (χ1n) is 18.5. The molecule has 42 heavy (non-hydrogen) atoms. The molecule has 1 aliphatic rings. The van der Waals surface area contributed by atoms with Gasteiger partial charge in [0.25, 0.3) is 0 Å². The summed E-state index contributed by atoms with van der Waals surface area (Å²) in [6.07, 6.45) is 36.7. The fraction of sp³-hybridized carbons (Fsp3) is 0.946. The molecule has 1 amide bonds. The molecular weight excluding hydrogens is 520 g/mol. The highest BCUT2D eigenvalue weighted by atomic mass is 16.5.